The molecule has 3 aromatic carbocycles. The Morgan fingerprint density at radius 2 is 1.68 bits per heavy atom. The van der Waals surface area contributed by atoms with Crippen LogP contribution in [0.1, 0.15) is 15.9 Å². The summed E-state index contributed by atoms with van der Waals surface area (Å²) >= 11 is 0. The molecule has 0 aliphatic carbocycles. The number of anilines is 2. The van der Waals surface area contributed by atoms with Crippen molar-refractivity contribution < 1.29 is 22.3 Å². The summed E-state index contributed by atoms with van der Waals surface area (Å²) < 4.78 is 46.4. The second-order valence-electron chi connectivity index (χ2n) is 8.07. The number of carbonyl (C=O) groups is 1. The van der Waals surface area contributed by atoms with Crippen LogP contribution in [0.5, 0.6) is 5.75 Å². The molecule has 1 aliphatic rings. The number of rotatable bonds is 6. The van der Waals surface area contributed by atoms with E-state index in [-0.39, 0.29) is 16.4 Å². The third-order valence-electron chi connectivity index (χ3n) is 5.81. The maximum absolute atomic E-state index is 13.5. The number of sulfonamides is 1. The molecule has 3 aromatic rings. The molecule has 0 unspecified atom stereocenters. The van der Waals surface area contributed by atoms with Gasteiger partial charge >= 0.3 is 0 Å². The fraction of sp³-hybridized carbons (Fsp3) is 0.240. The lowest BCUT2D eigenvalue weighted by molar-refractivity contribution is 0.0747. The molecule has 0 radical (unpaired) electrons. The number of hydrogen-bond acceptors (Lipinski definition) is 5. The molecule has 1 amide bonds. The van der Waals surface area contributed by atoms with Crippen molar-refractivity contribution in [3.8, 4) is 5.75 Å². The number of nitrogens with one attached hydrogen (secondary N) is 1. The summed E-state index contributed by atoms with van der Waals surface area (Å²) in [6.07, 6.45) is 0. The molecule has 1 N–H and O–H groups in total. The summed E-state index contributed by atoms with van der Waals surface area (Å²) in [6, 6.07) is 17.8. The Balaban J connectivity index is 1.38. The van der Waals surface area contributed by atoms with E-state index < -0.39 is 15.8 Å². The quantitative estimate of drug-likeness (QED) is 0.575. The molecule has 0 saturated carbocycles. The molecule has 1 heterocycles. The smallest absolute Gasteiger partial charge is 0.261 e. The maximum Gasteiger partial charge on any atom is 0.261 e. The first-order chi connectivity index (χ1) is 16.3. The normalized spacial score (nSPS) is 14.1. The van der Waals surface area contributed by atoms with Gasteiger partial charge in [0.15, 0.2) is 0 Å². The van der Waals surface area contributed by atoms with Gasteiger partial charge in [-0.2, -0.15) is 0 Å². The Morgan fingerprint density at radius 1 is 0.971 bits per heavy atom. The van der Waals surface area contributed by atoms with Crippen molar-refractivity contribution in [2.24, 2.45) is 0 Å². The van der Waals surface area contributed by atoms with E-state index in [1.807, 2.05) is 24.3 Å². The SMILES string of the molecule is COc1cccc(N2CCN(C(=O)c3ccc(NS(=O)(=O)c4ccc(F)c(C)c4)cc3)CC2)c1. The van der Waals surface area contributed by atoms with Gasteiger partial charge in [0.1, 0.15) is 11.6 Å². The summed E-state index contributed by atoms with van der Waals surface area (Å²) in [5.41, 5.74) is 2.10. The van der Waals surface area contributed by atoms with E-state index in [1.54, 1.807) is 36.3 Å². The van der Waals surface area contributed by atoms with Gasteiger partial charge in [0, 0.05) is 49.2 Å². The molecule has 7 nitrogen and oxygen atoms in total. The zero-order valence-corrected chi connectivity index (χ0v) is 19.8. The third kappa shape index (κ3) is 5.14. The minimum atomic E-state index is -3.87. The molecule has 1 aliphatic heterocycles. The van der Waals surface area contributed by atoms with Gasteiger partial charge in [0.2, 0.25) is 0 Å². The molecule has 178 valence electrons. The third-order valence-corrected chi connectivity index (χ3v) is 7.19. The number of methoxy groups -OCH3 is 1. The Hall–Kier alpha value is -3.59. The minimum Gasteiger partial charge on any atom is -0.497 e. The molecule has 4 rings (SSSR count). The van der Waals surface area contributed by atoms with Crippen LogP contribution in [0.3, 0.4) is 0 Å². The summed E-state index contributed by atoms with van der Waals surface area (Å²) in [5.74, 6) is 0.223. The lowest BCUT2D eigenvalue weighted by atomic mass is 10.1. The number of halogens is 1. The summed E-state index contributed by atoms with van der Waals surface area (Å²) in [5, 5.41) is 0. The summed E-state index contributed by atoms with van der Waals surface area (Å²) in [6.45, 7) is 4.07. The Bertz CT molecular complexity index is 1290. The van der Waals surface area contributed by atoms with Crippen LogP contribution in [-0.4, -0.2) is 52.5 Å². The standard InChI is InChI=1S/C25H26FN3O4S/c1-18-16-23(10-11-24(18)26)34(31,32)27-20-8-6-19(7-9-20)25(30)29-14-12-28(13-15-29)21-4-3-5-22(17-21)33-2/h3-11,16-17,27H,12-15H2,1-2H3. The molecule has 0 bridgehead atoms. The number of aryl methyl sites for hydroxylation is 1. The highest BCUT2D eigenvalue weighted by atomic mass is 32.2. The highest BCUT2D eigenvalue weighted by Gasteiger charge is 2.23. The van der Waals surface area contributed by atoms with Gasteiger partial charge in [-0.3, -0.25) is 9.52 Å². The van der Waals surface area contributed by atoms with E-state index >= 15 is 0 Å². The average Bonchev–Trinajstić information content (AvgIpc) is 2.85. The first kappa shape index (κ1) is 23.6. The maximum atomic E-state index is 13.5. The number of carbonyl (C=O) groups excluding carboxylic acids is 1. The zero-order valence-electron chi connectivity index (χ0n) is 19.0. The van der Waals surface area contributed by atoms with Gasteiger partial charge in [-0.05, 0) is 67.1 Å². The van der Waals surface area contributed by atoms with Crippen molar-refractivity contribution in [2.75, 3.05) is 42.9 Å². The highest BCUT2D eigenvalue weighted by molar-refractivity contribution is 7.92. The molecule has 34 heavy (non-hydrogen) atoms. The average molecular weight is 484 g/mol. The summed E-state index contributed by atoms with van der Waals surface area (Å²) in [4.78, 5) is 16.9. The van der Waals surface area contributed by atoms with Crippen LogP contribution in [0.25, 0.3) is 0 Å². The largest absolute Gasteiger partial charge is 0.497 e. The lowest BCUT2D eigenvalue weighted by Gasteiger charge is -2.36. The second kappa shape index (κ2) is 9.72. The molecule has 0 atom stereocenters. The van der Waals surface area contributed by atoms with Gasteiger partial charge in [0.25, 0.3) is 15.9 Å². The van der Waals surface area contributed by atoms with Crippen LogP contribution in [0, 0.1) is 12.7 Å². The second-order valence-corrected chi connectivity index (χ2v) is 9.76. The van der Waals surface area contributed by atoms with E-state index in [2.05, 4.69) is 9.62 Å². The van der Waals surface area contributed by atoms with Gasteiger partial charge in [-0.15, -0.1) is 0 Å². The van der Waals surface area contributed by atoms with Crippen LogP contribution in [0.2, 0.25) is 0 Å². The Labute approximate surface area is 198 Å². The van der Waals surface area contributed by atoms with Gasteiger partial charge in [-0.1, -0.05) is 6.07 Å². The fourth-order valence-corrected chi connectivity index (χ4v) is 4.98. The van der Waals surface area contributed by atoms with E-state index in [9.17, 15) is 17.6 Å². The van der Waals surface area contributed by atoms with Crippen molar-refractivity contribution in [3.05, 3.63) is 83.7 Å². The molecule has 0 spiro atoms. The van der Waals surface area contributed by atoms with Gasteiger partial charge in [-0.25, -0.2) is 12.8 Å². The van der Waals surface area contributed by atoms with Gasteiger partial charge in [0.05, 0.1) is 12.0 Å². The first-order valence-electron chi connectivity index (χ1n) is 10.8. The van der Waals surface area contributed by atoms with Crippen molar-refractivity contribution >= 4 is 27.3 Å². The molecular formula is C25H26FN3O4S. The molecule has 0 aromatic heterocycles. The lowest BCUT2D eigenvalue weighted by Crippen LogP contribution is -2.48. The van der Waals surface area contributed by atoms with Crippen molar-refractivity contribution in [2.45, 2.75) is 11.8 Å². The number of ether oxygens (including phenoxy) is 1. The number of nitrogens with zero attached hydrogens (tertiary/aromatic N) is 2. The van der Waals surface area contributed by atoms with Crippen LogP contribution in [0.4, 0.5) is 15.8 Å². The number of hydrogen-bond donors (Lipinski definition) is 1. The van der Waals surface area contributed by atoms with Crippen LogP contribution >= 0.6 is 0 Å². The monoisotopic (exact) mass is 483 g/mol. The van der Waals surface area contributed by atoms with Crippen LogP contribution in [0.15, 0.2) is 71.6 Å². The minimum absolute atomic E-state index is 0.0274. The topological polar surface area (TPSA) is 79.0 Å². The van der Waals surface area contributed by atoms with E-state index in [1.165, 1.54) is 19.1 Å². The number of amides is 1. The Kier molecular flexibility index (Phi) is 6.74. The number of piperazine rings is 1. The van der Waals surface area contributed by atoms with Crippen molar-refractivity contribution in [1.82, 2.24) is 4.90 Å². The van der Waals surface area contributed by atoms with Crippen LogP contribution in [-0.2, 0) is 10.0 Å². The van der Waals surface area contributed by atoms with Crippen LogP contribution < -0.4 is 14.4 Å². The Morgan fingerprint density at radius 3 is 2.32 bits per heavy atom. The van der Waals surface area contributed by atoms with Gasteiger partial charge < -0.3 is 14.5 Å². The highest BCUT2D eigenvalue weighted by Crippen LogP contribution is 2.23. The summed E-state index contributed by atoms with van der Waals surface area (Å²) in [7, 11) is -2.24. The molecule has 9 heteroatoms. The van der Waals surface area contributed by atoms with E-state index in [0.29, 0.717) is 37.4 Å². The molecule has 1 saturated heterocycles. The van der Waals surface area contributed by atoms with E-state index in [4.69, 9.17) is 4.74 Å². The fourth-order valence-electron chi connectivity index (χ4n) is 3.84. The molecular weight excluding hydrogens is 457 g/mol. The predicted octanol–water partition coefficient (Wildman–Crippen LogP) is 3.91. The van der Waals surface area contributed by atoms with Crippen molar-refractivity contribution in [3.63, 3.8) is 0 Å². The first-order valence-corrected chi connectivity index (χ1v) is 12.3. The molecule has 1 fully saturated rings. The predicted molar refractivity (Wildman–Crippen MR) is 129 cm³/mol. The zero-order chi connectivity index (χ0) is 24.3. The number of benzene rings is 3. The van der Waals surface area contributed by atoms with Crippen molar-refractivity contribution in [1.29, 1.82) is 0 Å². The van der Waals surface area contributed by atoms with E-state index in [0.717, 1.165) is 17.5 Å².